The third-order valence-corrected chi connectivity index (χ3v) is 3.97. The van der Waals surface area contributed by atoms with Crippen molar-refractivity contribution in [3.63, 3.8) is 0 Å². The Labute approximate surface area is 127 Å². The molecule has 1 aliphatic heterocycles. The maximum absolute atomic E-state index is 14.1. The summed E-state index contributed by atoms with van der Waals surface area (Å²) < 4.78 is 19.4. The molecule has 22 heavy (non-hydrogen) atoms. The Morgan fingerprint density at radius 3 is 2.59 bits per heavy atom. The first-order valence-corrected chi connectivity index (χ1v) is 7.23. The molecule has 0 bridgehead atoms. The zero-order chi connectivity index (χ0) is 15.5. The first kappa shape index (κ1) is 14.7. The van der Waals surface area contributed by atoms with Crippen LogP contribution in [0.15, 0.2) is 36.5 Å². The third-order valence-electron chi connectivity index (χ3n) is 3.97. The van der Waals surface area contributed by atoms with E-state index in [0.29, 0.717) is 24.5 Å². The van der Waals surface area contributed by atoms with E-state index in [4.69, 9.17) is 4.74 Å². The molecule has 2 aromatic rings. The van der Waals surface area contributed by atoms with Crippen molar-refractivity contribution in [1.29, 1.82) is 0 Å². The SMILES string of the molecule is O=C(O)c1c(-c2ccccc2F)ccnc1C1CCOCC1. The first-order valence-electron chi connectivity index (χ1n) is 7.23. The van der Waals surface area contributed by atoms with E-state index in [2.05, 4.69) is 4.98 Å². The van der Waals surface area contributed by atoms with Crippen molar-refractivity contribution >= 4 is 5.97 Å². The van der Waals surface area contributed by atoms with Crippen LogP contribution < -0.4 is 0 Å². The second kappa shape index (κ2) is 6.23. The Balaban J connectivity index is 2.15. The number of aromatic carboxylic acids is 1. The normalized spacial score (nSPS) is 15.7. The van der Waals surface area contributed by atoms with E-state index in [0.717, 1.165) is 12.8 Å². The van der Waals surface area contributed by atoms with E-state index >= 15 is 0 Å². The van der Waals surface area contributed by atoms with E-state index in [1.165, 1.54) is 6.07 Å². The monoisotopic (exact) mass is 301 g/mol. The molecule has 114 valence electrons. The van der Waals surface area contributed by atoms with Crippen LogP contribution in [0.2, 0.25) is 0 Å². The molecule has 1 aromatic carbocycles. The molecule has 0 saturated carbocycles. The molecule has 1 aromatic heterocycles. The highest BCUT2D eigenvalue weighted by Gasteiger charge is 2.26. The molecule has 0 atom stereocenters. The summed E-state index contributed by atoms with van der Waals surface area (Å²) in [6.07, 6.45) is 3.01. The highest BCUT2D eigenvalue weighted by molar-refractivity contribution is 5.97. The van der Waals surface area contributed by atoms with Crippen molar-refractivity contribution < 1.29 is 19.0 Å². The summed E-state index contributed by atoms with van der Waals surface area (Å²) in [6.45, 7) is 1.19. The lowest BCUT2D eigenvalue weighted by atomic mass is 9.89. The van der Waals surface area contributed by atoms with E-state index in [1.807, 2.05) is 0 Å². The van der Waals surface area contributed by atoms with Gasteiger partial charge in [0.25, 0.3) is 0 Å². The fourth-order valence-corrected chi connectivity index (χ4v) is 2.89. The summed E-state index contributed by atoms with van der Waals surface area (Å²) in [6, 6.07) is 7.75. The smallest absolute Gasteiger partial charge is 0.338 e. The molecule has 0 unspecified atom stereocenters. The molecule has 1 aliphatic rings. The van der Waals surface area contributed by atoms with Crippen LogP contribution in [0.1, 0.15) is 34.8 Å². The van der Waals surface area contributed by atoms with Gasteiger partial charge in [0.15, 0.2) is 0 Å². The summed E-state index contributed by atoms with van der Waals surface area (Å²) in [5, 5.41) is 9.64. The lowest BCUT2D eigenvalue weighted by molar-refractivity contribution is 0.0684. The zero-order valence-electron chi connectivity index (χ0n) is 12.0. The second-order valence-electron chi connectivity index (χ2n) is 5.29. The number of ether oxygens (including phenoxy) is 1. The Kier molecular flexibility index (Phi) is 4.15. The Morgan fingerprint density at radius 1 is 1.18 bits per heavy atom. The number of hydrogen-bond donors (Lipinski definition) is 1. The topological polar surface area (TPSA) is 59.4 Å². The lowest BCUT2D eigenvalue weighted by Gasteiger charge is -2.23. The van der Waals surface area contributed by atoms with Gasteiger partial charge < -0.3 is 9.84 Å². The van der Waals surface area contributed by atoms with Gasteiger partial charge in [-0.15, -0.1) is 0 Å². The summed E-state index contributed by atoms with van der Waals surface area (Å²) in [5.74, 6) is -1.48. The average molecular weight is 301 g/mol. The van der Waals surface area contributed by atoms with Crippen molar-refractivity contribution in [3.8, 4) is 11.1 Å². The molecule has 2 heterocycles. The molecule has 1 fully saturated rings. The minimum atomic E-state index is -1.08. The summed E-state index contributed by atoms with van der Waals surface area (Å²) in [5.41, 5.74) is 1.29. The van der Waals surface area contributed by atoms with Gasteiger partial charge in [0.1, 0.15) is 5.82 Å². The molecule has 1 saturated heterocycles. The quantitative estimate of drug-likeness (QED) is 0.943. The molecule has 5 heteroatoms. The van der Waals surface area contributed by atoms with Crippen molar-refractivity contribution in [1.82, 2.24) is 4.98 Å². The fourth-order valence-electron chi connectivity index (χ4n) is 2.89. The van der Waals surface area contributed by atoms with Crippen molar-refractivity contribution in [2.75, 3.05) is 13.2 Å². The summed E-state index contributed by atoms with van der Waals surface area (Å²) in [4.78, 5) is 16.1. The summed E-state index contributed by atoms with van der Waals surface area (Å²) >= 11 is 0. The average Bonchev–Trinajstić information content (AvgIpc) is 2.55. The standard InChI is InChI=1S/C17H16FNO3/c18-14-4-2-1-3-12(14)13-5-8-19-16(15(13)17(20)21)11-6-9-22-10-7-11/h1-5,8,11H,6-7,9-10H2,(H,20,21). The van der Waals surface area contributed by atoms with Gasteiger partial charge in [-0.1, -0.05) is 18.2 Å². The molecule has 4 nitrogen and oxygen atoms in total. The van der Waals surface area contributed by atoms with Crippen LogP contribution in [-0.2, 0) is 4.74 Å². The molecular weight excluding hydrogens is 285 g/mol. The largest absolute Gasteiger partial charge is 0.478 e. The number of hydrogen-bond acceptors (Lipinski definition) is 3. The van der Waals surface area contributed by atoms with E-state index in [1.54, 1.807) is 30.5 Å². The predicted molar refractivity (Wildman–Crippen MR) is 79.4 cm³/mol. The molecule has 0 aliphatic carbocycles. The van der Waals surface area contributed by atoms with Crippen LogP contribution >= 0.6 is 0 Å². The molecule has 1 N–H and O–H groups in total. The predicted octanol–water partition coefficient (Wildman–Crippen LogP) is 3.48. The minimum Gasteiger partial charge on any atom is -0.478 e. The summed E-state index contributed by atoms with van der Waals surface area (Å²) in [7, 11) is 0. The Bertz CT molecular complexity index is 696. The minimum absolute atomic E-state index is 0.0339. The van der Waals surface area contributed by atoms with Crippen LogP contribution in [0.25, 0.3) is 11.1 Å². The van der Waals surface area contributed by atoms with E-state index in [9.17, 15) is 14.3 Å². The Hall–Kier alpha value is -2.27. The number of halogens is 1. The van der Waals surface area contributed by atoms with Gasteiger partial charge in [0, 0.05) is 36.5 Å². The van der Waals surface area contributed by atoms with Crippen molar-refractivity contribution in [3.05, 3.63) is 53.6 Å². The van der Waals surface area contributed by atoms with Crippen LogP contribution in [0.4, 0.5) is 4.39 Å². The lowest BCUT2D eigenvalue weighted by Crippen LogP contribution is -2.19. The van der Waals surface area contributed by atoms with Crippen LogP contribution in [0.5, 0.6) is 0 Å². The number of carbonyl (C=O) groups is 1. The second-order valence-corrected chi connectivity index (χ2v) is 5.29. The number of carboxylic acids is 1. The molecular formula is C17H16FNO3. The van der Waals surface area contributed by atoms with E-state index < -0.39 is 11.8 Å². The maximum atomic E-state index is 14.1. The van der Waals surface area contributed by atoms with Gasteiger partial charge in [-0.25, -0.2) is 9.18 Å². The highest BCUT2D eigenvalue weighted by Crippen LogP contribution is 2.34. The molecule has 0 radical (unpaired) electrons. The first-order chi connectivity index (χ1) is 10.7. The number of benzene rings is 1. The number of pyridine rings is 1. The molecule has 0 amide bonds. The van der Waals surface area contributed by atoms with Gasteiger partial charge in [-0.05, 0) is 25.0 Å². The van der Waals surface area contributed by atoms with Crippen LogP contribution in [-0.4, -0.2) is 29.3 Å². The number of aromatic nitrogens is 1. The number of nitrogens with zero attached hydrogens (tertiary/aromatic N) is 1. The van der Waals surface area contributed by atoms with E-state index in [-0.39, 0.29) is 17.0 Å². The third kappa shape index (κ3) is 2.72. The van der Waals surface area contributed by atoms with Gasteiger partial charge in [-0.2, -0.15) is 0 Å². The van der Waals surface area contributed by atoms with Crippen LogP contribution in [0, 0.1) is 5.82 Å². The van der Waals surface area contributed by atoms with Gasteiger partial charge in [0.2, 0.25) is 0 Å². The fraction of sp³-hybridized carbons (Fsp3) is 0.294. The van der Waals surface area contributed by atoms with Crippen molar-refractivity contribution in [2.24, 2.45) is 0 Å². The van der Waals surface area contributed by atoms with Gasteiger partial charge in [0.05, 0.1) is 11.3 Å². The van der Waals surface area contributed by atoms with Crippen LogP contribution in [0.3, 0.4) is 0 Å². The van der Waals surface area contributed by atoms with Gasteiger partial charge >= 0.3 is 5.97 Å². The highest BCUT2D eigenvalue weighted by atomic mass is 19.1. The number of carboxylic acid groups (broad SMARTS) is 1. The zero-order valence-corrected chi connectivity index (χ0v) is 12.0. The van der Waals surface area contributed by atoms with Crippen molar-refractivity contribution in [2.45, 2.75) is 18.8 Å². The number of rotatable bonds is 3. The maximum Gasteiger partial charge on any atom is 0.338 e. The van der Waals surface area contributed by atoms with Gasteiger partial charge in [-0.3, -0.25) is 4.98 Å². The molecule has 0 spiro atoms. The molecule has 3 rings (SSSR count). The Morgan fingerprint density at radius 2 is 1.91 bits per heavy atom.